The molecule has 7 heteroatoms. The highest BCUT2D eigenvalue weighted by Gasteiger charge is 2.17. The number of esters is 1. The van der Waals surface area contributed by atoms with E-state index in [0.29, 0.717) is 22.0 Å². The van der Waals surface area contributed by atoms with Crippen LogP contribution < -0.4 is 10.4 Å². The molecule has 0 unspecified atom stereocenters. The molecule has 0 bridgehead atoms. The highest BCUT2D eigenvalue weighted by atomic mass is 79.9. The summed E-state index contributed by atoms with van der Waals surface area (Å²) in [5, 5.41) is 1.15. The Kier molecular flexibility index (Phi) is 5.57. The van der Waals surface area contributed by atoms with Crippen LogP contribution in [0.15, 0.2) is 27.4 Å². The van der Waals surface area contributed by atoms with Gasteiger partial charge in [0.15, 0.2) is 6.79 Å². The van der Waals surface area contributed by atoms with Crippen LogP contribution in [0, 0.1) is 0 Å². The van der Waals surface area contributed by atoms with Gasteiger partial charge in [0.25, 0.3) is 0 Å². The topological polar surface area (TPSA) is 75.0 Å². The van der Waals surface area contributed by atoms with E-state index in [2.05, 4.69) is 15.9 Å². The average molecular weight is 371 g/mol. The molecule has 0 fully saturated rings. The fraction of sp³-hybridized carbons (Fsp3) is 0.333. The van der Waals surface area contributed by atoms with Crippen molar-refractivity contribution in [2.75, 3.05) is 20.5 Å². The Hall–Kier alpha value is -1.86. The number of rotatable bonds is 6. The summed E-state index contributed by atoms with van der Waals surface area (Å²) >= 11 is 3.37. The monoisotopic (exact) mass is 370 g/mol. The zero-order valence-corrected chi connectivity index (χ0v) is 13.8. The summed E-state index contributed by atoms with van der Waals surface area (Å²) in [5.74, 6) is -0.186. The molecule has 0 saturated heterocycles. The first-order valence-corrected chi connectivity index (χ1v) is 7.68. The molecule has 118 valence electrons. The first-order chi connectivity index (χ1) is 10.6. The van der Waals surface area contributed by atoms with Gasteiger partial charge in [-0.3, -0.25) is 0 Å². The van der Waals surface area contributed by atoms with E-state index < -0.39 is 11.6 Å². The molecule has 0 aliphatic heterocycles. The number of carbonyl (C=O) groups excluding carboxylic acids is 1. The third-order valence-electron chi connectivity index (χ3n) is 2.90. The van der Waals surface area contributed by atoms with Crippen LogP contribution in [-0.4, -0.2) is 26.5 Å². The lowest BCUT2D eigenvalue weighted by atomic mass is 10.1. The smallest absolute Gasteiger partial charge is 0.351 e. The molecule has 0 atom stereocenters. The average Bonchev–Trinajstić information content (AvgIpc) is 2.51. The first-order valence-electron chi connectivity index (χ1n) is 6.56. The second kappa shape index (κ2) is 7.42. The van der Waals surface area contributed by atoms with Crippen molar-refractivity contribution in [2.45, 2.75) is 12.3 Å². The minimum Gasteiger partial charge on any atom is -0.467 e. The molecular formula is C15H15BrO6. The summed E-state index contributed by atoms with van der Waals surface area (Å²) in [6.07, 6.45) is 0. The Morgan fingerprint density at radius 2 is 2.09 bits per heavy atom. The van der Waals surface area contributed by atoms with Gasteiger partial charge in [-0.1, -0.05) is 15.9 Å². The summed E-state index contributed by atoms with van der Waals surface area (Å²) in [6, 6.07) is 4.84. The van der Waals surface area contributed by atoms with Gasteiger partial charge >= 0.3 is 11.6 Å². The molecule has 0 aliphatic rings. The van der Waals surface area contributed by atoms with Crippen LogP contribution in [0.5, 0.6) is 5.75 Å². The van der Waals surface area contributed by atoms with Crippen molar-refractivity contribution in [3.63, 3.8) is 0 Å². The van der Waals surface area contributed by atoms with Crippen molar-refractivity contribution >= 4 is 32.9 Å². The van der Waals surface area contributed by atoms with Crippen LogP contribution >= 0.6 is 15.9 Å². The standard InChI is InChI=1S/C15H15BrO6/c1-3-20-14(17)12-6-11-9(7-16)4-10(21-8-19-2)5-13(11)22-15(12)18/h4-6H,3,7-8H2,1-2H3. The minimum absolute atomic E-state index is 0.0817. The van der Waals surface area contributed by atoms with Gasteiger partial charge < -0.3 is 18.6 Å². The number of fused-ring (bicyclic) bond motifs is 1. The summed E-state index contributed by atoms with van der Waals surface area (Å²) in [7, 11) is 1.51. The van der Waals surface area contributed by atoms with Crippen LogP contribution in [0.3, 0.4) is 0 Å². The molecule has 6 nitrogen and oxygen atoms in total. The Labute approximate surface area is 135 Å². The van der Waals surface area contributed by atoms with Crippen LogP contribution in [0.25, 0.3) is 11.0 Å². The van der Waals surface area contributed by atoms with Gasteiger partial charge in [-0.2, -0.15) is 0 Å². The van der Waals surface area contributed by atoms with Crippen molar-refractivity contribution in [2.24, 2.45) is 0 Å². The summed E-state index contributed by atoms with van der Waals surface area (Å²) in [6.45, 7) is 1.94. The van der Waals surface area contributed by atoms with E-state index in [1.54, 1.807) is 19.1 Å². The molecule has 0 radical (unpaired) electrons. The number of alkyl halides is 1. The molecule has 0 aliphatic carbocycles. The lowest BCUT2D eigenvalue weighted by molar-refractivity contribution is 0.0511. The first kappa shape index (κ1) is 16.5. The van der Waals surface area contributed by atoms with E-state index >= 15 is 0 Å². The number of ether oxygens (including phenoxy) is 3. The number of hydrogen-bond donors (Lipinski definition) is 0. The van der Waals surface area contributed by atoms with Gasteiger partial charge in [0.1, 0.15) is 16.9 Å². The highest BCUT2D eigenvalue weighted by Crippen LogP contribution is 2.27. The highest BCUT2D eigenvalue weighted by molar-refractivity contribution is 9.08. The second-order valence-corrected chi connectivity index (χ2v) is 4.91. The molecule has 2 rings (SSSR count). The largest absolute Gasteiger partial charge is 0.467 e. The van der Waals surface area contributed by atoms with Crippen molar-refractivity contribution in [1.29, 1.82) is 0 Å². The Morgan fingerprint density at radius 1 is 1.32 bits per heavy atom. The van der Waals surface area contributed by atoms with Gasteiger partial charge in [0, 0.05) is 23.9 Å². The molecule has 0 spiro atoms. The van der Waals surface area contributed by atoms with E-state index in [1.807, 2.05) is 0 Å². The van der Waals surface area contributed by atoms with Crippen molar-refractivity contribution in [3.05, 3.63) is 39.7 Å². The Morgan fingerprint density at radius 3 is 2.73 bits per heavy atom. The van der Waals surface area contributed by atoms with E-state index in [9.17, 15) is 9.59 Å². The van der Waals surface area contributed by atoms with Crippen LogP contribution in [-0.2, 0) is 14.8 Å². The summed E-state index contributed by atoms with van der Waals surface area (Å²) in [4.78, 5) is 23.7. The normalized spacial score (nSPS) is 10.7. The molecule has 1 aromatic carbocycles. The van der Waals surface area contributed by atoms with Crippen LogP contribution in [0.4, 0.5) is 0 Å². The predicted octanol–water partition coefficient (Wildman–Crippen LogP) is 2.85. The molecule has 1 heterocycles. The fourth-order valence-electron chi connectivity index (χ4n) is 1.93. The van der Waals surface area contributed by atoms with Crippen LogP contribution in [0.2, 0.25) is 0 Å². The number of halogens is 1. The number of benzene rings is 1. The fourth-order valence-corrected chi connectivity index (χ4v) is 2.40. The lowest BCUT2D eigenvalue weighted by Gasteiger charge is -2.09. The minimum atomic E-state index is -0.740. The van der Waals surface area contributed by atoms with E-state index in [-0.39, 0.29) is 19.0 Å². The third-order valence-corrected chi connectivity index (χ3v) is 3.50. The maximum atomic E-state index is 11.9. The van der Waals surface area contributed by atoms with Crippen LogP contribution in [0.1, 0.15) is 22.8 Å². The molecule has 2 aromatic rings. The zero-order valence-electron chi connectivity index (χ0n) is 12.2. The van der Waals surface area contributed by atoms with Crippen molar-refractivity contribution in [3.8, 4) is 5.75 Å². The summed E-state index contributed by atoms with van der Waals surface area (Å²) in [5.41, 5.74) is 0.288. The molecule has 0 saturated carbocycles. The van der Waals surface area contributed by atoms with Gasteiger partial charge in [-0.25, -0.2) is 9.59 Å². The molecule has 1 aromatic heterocycles. The molecular weight excluding hydrogens is 356 g/mol. The van der Waals surface area contributed by atoms with Gasteiger partial charge in [-0.15, -0.1) is 0 Å². The van der Waals surface area contributed by atoms with Gasteiger partial charge in [-0.05, 0) is 24.6 Å². The Bertz CT molecular complexity index is 737. The van der Waals surface area contributed by atoms with E-state index in [0.717, 1.165) is 5.56 Å². The van der Waals surface area contributed by atoms with E-state index in [1.165, 1.54) is 13.2 Å². The quantitative estimate of drug-likeness (QED) is 0.337. The predicted molar refractivity (Wildman–Crippen MR) is 83.6 cm³/mol. The van der Waals surface area contributed by atoms with E-state index in [4.69, 9.17) is 18.6 Å². The number of hydrogen-bond acceptors (Lipinski definition) is 6. The third kappa shape index (κ3) is 3.48. The van der Waals surface area contributed by atoms with Crippen molar-refractivity contribution in [1.82, 2.24) is 0 Å². The Balaban J connectivity index is 2.56. The molecule has 22 heavy (non-hydrogen) atoms. The maximum absolute atomic E-state index is 11.9. The number of methoxy groups -OCH3 is 1. The van der Waals surface area contributed by atoms with Crippen molar-refractivity contribution < 1.29 is 23.4 Å². The zero-order chi connectivity index (χ0) is 16.1. The van der Waals surface area contributed by atoms with Gasteiger partial charge in [0.2, 0.25) is 0 Å². The molecule has 0 N–H and O–H groups in total. The van der Waals surface area contributed by atoms with Gasteiger partial charge in [0.05, 0.1) is 6.61 Å². The lowest BCUT2D eigenvalue weighted by Crippen LogP contribution is -2.16. The number of carbonyl (C=O) groups is 1. The SMILES string of the molecule is CCOC(=O)c1cc2c(CBr)cc(OCOC)cc2oc1=O. The summed E-state index contributed by atoms with van der Waals surface area (Å²) < 4.78 is 20.3. The second-order valence-electron chi connectivity index (χ2n) is 4.35. The maximum Gasteiger partial charge on any atom is 0.351 e. The molecule has 0 amide bonds.